The van der Waals surface area contributed by atoms with Crippen LogP contribution in [0.25, 0.3) is 6.08 Å². The van der Waals surface area contributed by atoms with Crippen LogP contribution in [0.4, 0.5) is 0 Å². The Morgan fingerprint density at radius 1 is 1.30 bits per heavy atom. The Kier molecular flexibility index (Phi) is 6.48. The van der Waals surface area contributed by atoms with Gasteiger partial charge in [-0.25, -0.2) is 0 Å². The zero-order chi connectivity index (χ0) is 16.9. The fourth-order valence-corrected chi connectivity index (χ4v) is 3.00. The molecule has 0 radical (unpaired) electrons. The monoisotopic (exact) mass is 356 g/mol. The summed E-state index contributed by atoms with van der Waals surface area (Å²) in [7, 11) is 0. The molecular weight excluding hydrogens is 335 g/mol. The smallest absolute Gasteiger partial charge is 0.244 e. The Hall–Kier alpha value is -1.07. The lowest BCUT2D eigenvalue weighted by Gasteiger charge is -2.40. The molecule has 126 valence electrons. The number of halogens is 2. The molecule has 2 rings (SSSR count). The molecule has 1 N–H and O–H groups in total. The Morgan fingerprint density at radius 2 is 1.91 bits per heavy atom. The predicted molar refractivity (Wildman–Crippen MR) is 95.0 cm³/mol. The van der Waals surface area contributed by atoms with Gasteiger partial charge in [0.2, 0.25) is 5.91 Å². The molecule has 0 atom stereocenters. The van der Waals surface area contributed by atoms with Gasteiger partial charge in [-0.2, -0.15) is 0 Å². The van der Waals surface area contributed by atoms with Crippen LogP contribution in [0.2, 0.25) is 10.0 Å². The number of amides is 1. The highest BCUT2D eigenvalue weighted by atomic mass is 35.5. The van der Waals surface area contributed by atoms with Crippen LogP contribution < -0.4 is 5.32 Å². The number of ether oxygens (including phenoxy) is 1. The van der Waals surface area contributed by atoms with Crippen molar-refractivity contribution in [3.63, 3.8) is 0 Å². The van der Waals surface area contributed by atoms with E-state index in [1.807, 2.05) is 0 Å². The van der Waals surface area contributed by atoms with Crippen molar-refractivity contribution in [2.24, 2.45) is 0 Å². The van der Waals surface area contributed by atoms with Crippen molar-refractivity contribution in [2.75, 3.05) is 32.8 Å². The van der Waals surface area contributed by atoms with Gasteiger partial charge >= 0.3 is 0 Å². The summed E-state index contributed by atoms with van der Waals surface area (Å²) in [5.41, 5.74) is 0.536. The number of benzene rings is 1. The van der Waals surface area contributed by atoms with Crippen LogP contribution in [0.3, 0.4) is 0 Å². The lowest BCUT2D eigenvalue weighted by atomic mass is 10.0. The third kappa shape index (κ3) is 5.21. The van der Waals surface area contributed by atoms with Gasteiger partial charge in [0.05, 0.1) is 13.2 Å². The first-order chi connectivity index (χ1) is 10.9. The van der Waals surface area contributed by atoms with E-state index < -0.39 is 0 Å². The second kappa shape index (κ2) is 8.15. The molecule has 1 aliphatic rings. The molecule has 0 saturated carbocycles. The molecule has 4 nitrogen and oxygen atoms in total. The Morgan fingerprint density at radius 3 is 2.52 bits per heavy atom. The fourth-order valence-electron chi connectivity index (χ4n) is 2.47. The van der Waals surface area contributed by atoms with E-state index in [0.717, 1.165) is 26.3 Å². The summed E-state index contributed by atoms with van der Waals surface area (Å²) in [4.78, 5) is 14.4. The highest BCUT2D eigenvalue weighted by Crippen LogP contribution is 2.25. The molecule has 1 aromatic rings. The SMILES string of the molecule is CC(C)(CNC(=O)/C=C/c1c(Cl)cccc1Cl)N1CCOCC1. The van der Waals surface area contributed by atoms with E-state index in [2.05, 4.69) is 24.1 Å². The van der Waals surface area contributed by atoms with E-state index >= 15 is 0 Å². The number of hydrogen-bond acceptors (Lipinski definition) is 3. The van der Waals surface area contributed by atoms with Gasteiger partial charge in [0.25, 0.3) is 0 Å². The number of rotatable bonds is 5. The van der Waals surface area contributed by atoms with Crippen LogP contribution in [0.15, 0.2) is 24.3 Å². The van der Waals surface area contributed by atoms with Gasteiger partial charge in [-0.05, 0) is 32.1 Å². The van der Waals surface area contributed by atoms with Gasteiger partial charge in [0, 0.05) is 46.9 Å². The number of morpholine rings is 1. The average Bonchev–Trinajstić information content (AvgIpc) is 2.53. The lowest BCUT2D eigenvalue weighted by molar-refractivity contribution is -0.117. The molecule has 1 saturated heterocycles. The molecule has 0 spiro atoms. The molecule has 6 heteroatoms. The van der Waals surface area contributed by atoms with E-state index in [1.165, 1.54) is 6.08 Å². The number of carbonyl (C=O) groups excluding carboxylic acids is 1. The van der Waals surface area contributed by atoms with E-state index in [1.54, 1.807) is 24.3 Å². The highest BCUT2D eigenvalue weighted by Gasteiger charge is 2.28. The van der Waals surface area contributed by atoms with Crippen LogP contribution in [0.5, 0.6) is 0 Å². The van der Waals surface area contributed by atoms with Crippen molar-refractivity contribution >= 4 is 35.2 Å². The molecule has 0 aromatic heterocycles. The van der Waals surface area contributed by atoms with Crippen LogP contribution in [-0.4, -0.2) is 49.2 Å². The minimum Gasteiger partial charge on any atom is -0.379 e. The molecule has 0 unspecified atom stereocenters. The molecular formula is C17H22Cl2N2O2. The molecule has 1 heterocycles. The minimum atomic E-state index is -0.165. The number of nitrogens with one attached hydrogen (secondary N) is 1. The summed E-state index contributed by atoms with van der Waals surface area (Å²) >= 11 is 12.2. The average molecular weight is 357 g/mol. The van der Waals surface area contributed by atoms with Crippen molar-refractivity contribution in [3.05, 3.63) is 39.9 Å². The standard InChI is InChI=1S/C17H22Cl2N2O2/c1-17(2,21-8-10-23-11-9-21)12-20-16(22)7-6-13-14(18)4-3-5-15(13)19/h3-7H,8-12H2,1-2H3,(H,20,22)/b7-6+. The van der Waals surface area contributed by atoms with Gasteiger partial charge in [-0.1, -0.05) is 29.3 Å². The molecule has 1 amide bonds. The van der Waals surface area contributed by atoms with Crippen molar-refractivity contribution in [3.8, 4) is 0 Å². The van der Waals surface area contributed by atoms with E-state index in [9.17, 15) is 4.79 Å². The van der Waals surface area contributed by atoms with Gasteiger partial charge < -0.3 is 10.1 Å². The Balaban J connectivity index is 1.90. The topological polar surface area (TPSA) is 41.6 Å². The Labute approximate surface area is 147 Å². The van der Waals surface area contributed by atoms with E-state index in [-0.39, 0.29) is 11.4 Å². The summed E-state index contributed by atoms with van der Waals surface area (Å²) in [6.07, 6.45) is 3.10. The van der Waals surface area contributed by atoms with Crippen LogP contribution >= 0.6 is 23.2 Å². The molecule has 1 aromatic carbocycles. The lowest BCUT2D eigenvalue weighted by Crippen LogP contribution is -2.55. The molecule has 1 aliphatic heterocycles. The maximum atomic E-state index is 12.0. The fraction of sp³-hybridized carbons (Fsp3) is 0.471. The van der Waals surface area contributed by atoms with Crippen LogP contribution in [0.1, 0.15) is 19.4 Å². The summed E-state index contributed by atoms with van der Waals surface area (Å²) in [6, 6.07) is 5.26. The zero-order valence-corrected chi connectivity index (χ0v) is 15.0. The molecule has 1 fully saturated rings. The van der Waals surface area contributed by atoms with Crippen molar-refractivity contribution in [1.82, 2.24) is 10.2 Å². The molecule has 0 bridgehead atoms. The first-order valence-corrected chi connectivity index (χ1v) is 8.38. The summed E-state index contributed by atoms with van der Waals surface area (Å²) in [6.45, 7) is 8.04. The third-order valence-corrected chi connectivity index (χ3v) is 4.62. The summed E-state index contributed by atoms with van der Waals surface area (Å²) in [5, 5.41) is 3.98. The first-order valence-electron chi connectivity index (χ1n) is 7.63. The Bertz CT molecular complexity index is 562. The number of carbonyl (C=O) groups is 1. The van der Waals surface area contributed by atoms with E-state index in [0.29, 0.717) is 22.2 Å². The zero-order valence-electron chi connectivity index (χ0n) is 13.4. The van der Waals surface area contributed by atoms with Gasteiger partial charge in [0.15, 0.2) is 0 Å². The third-order valence-electron chi connectivity index (χ3n) is 3.96. The predicted octanol–water partition coefficient (Wildman–Crippen LogP) is 3.23. The van der Waals surface area contributed by atoms with Gasteiger partial charge in [0.1, 0.15) is 0 Å². The first kappa shape index (κ1) is 18.3. The maximum Gasteiger partial charge on any atom is 0.244 e. The summed E-state index contributed by atoms with van der Waals surface area (Å²) in [5.74, 6) is -0.165. The van der Waals surface area contributed by atoms with Crippen molar-refractivity contribution < 1.29 is 9.53 Å². The largest absolute Gasteiger partial charge is 0.379 e. The molecule has 0 aliphatic carbocycles. The highest BCUT2D eigenvalue weighted by molar-refractivity contribution is 6.37. The van der Waals surface area contributed by atoms with Crippen molar-refractivity contribution in [1.29, 1.82) is 0 Å². The normalized spacial score (nSPS) is 16.7. The van der Waals surface area contributed by atoms with Crippen LogP contribution in [-0.2, 0) is 9.53 Å². The molecule has 23 heavy (non-hydrogen) atoms. The number of hydrogen-bond donors (Lipinski definition) is 1. The van der Waals surface area contributed by atoms with Crippen LogP contribution in [0, 0.1) is 0 Å². The maximum absolute atomic E-state index is 12.0. The van der Waals surface area contributed by atoms with Gasteiger partial charge in [-0.15, -0.1) is 0 Å². The summed E-state index contributed by atoms with van der Waals surface area (Å²) < 4.78 is 5.37. The second-order valence-electron chi connectivity index (χ2n) is 6.10. The van der Waals surface area contributed by atoms with E-state index in [4.69, 9.17) is 27.9 Å². The van der Waals surface area contributed by atoms with Gasteiger partial charge in [-0.3, -0.25) is 9.69 Å². The quantitative estimate of drug-likeness (QED) is 0.823. The second-order valence-corrected chi connectivity index (χ2v) is 6.91. The van der Waals surface area contributed by atoms with Crippen molar-refractivity contribution in [2.45, 2.75) is 19.4 Å². The minimum absolute atomic E-state index is 0.116. The number of nitrogens with zero attached hydrogens (tertiary/aromatic N) is 1.